The monoisotopic (exact) mass is 273 g/mol. The molecule has 1 N–H and O–H groups in total. The average molecular weight is 273 g/mol. The van der Waals surface area contributed by atoms with Gasteiger partial charge in [-0.2, -0.15) is 0 Å². The Kier molecular flexibility index (Phi) is 3.87. The molecule has 1 aromatic rings. The molecule has 0 bridgehead atoms. The fourth-order valence-corrected chi connectivity index (χ4v) is 3.38. The van der Waals surface area contributed by atoms with Crippen molar-refractivity contribution in [2.75, 3.05) is 29.5 Å². The molecule has 0 amide bonds. The lowest BCUT2D eigenvalue weighted by atomic mass is 10.2. The van der Waals surface area contributed by atoms with Crippen LogP contribution in [0.15, 0.2) is 18.2 Å². The van der Waals surface area contributed by atoms with E-state index in [4.69, 9.17) is 5.11 Å². The number of rotatable bonds is 2. The van der Waals surface area contributed by atoms with Gasteiger partial charge in [0.25, 0.3) is 0 Å². The summed E-state index contributed by atoms with van der Waals surface area (Å²) in [5.74, 6) is -0.132. The predicted molar refractivity (Wildman–Crippen MR) is 67.8 cm³/mol. The van der Waals surface area contributed by atoms with Crippen LogP contribution in [0.5, 0.6) is 0 Å². The molecule has 1 saturated heterocycles. The summed E-state index contributed by atoms with van der Waals surface area (Å²) in [7, 11) is -2.97. The number of nitrogens with zero attached hydrogens (tertiary/aromatic N) is 1. The van der Waals surface area contributed by atoms with E-state index in [1.165, 1.54) is 12.1 Å². The number of hydrogen-bond donors (Lipinski definition) is 1. The molecule has 0 saturated carbocycles. The lowest BCUT2D eigenvalue weighted by Crippen LogP contribution is -2.26. The van der Waals surface area contributed by atoms with Gasteiger partial charge in [0.1, 0.15) is 5.82 Å². The third kappa shape index (κ3) is 3.20. The minimum absolute atomic E-state index is 0.0952. The standard InChI is InChI=1S/C12H16FNO3S/c13-11-6-10(9-15)7-12(8-11)14-2-1-4-18(16,17)5-3-14/h6-8,15H,1-5,9H2. The predicted octanol–water partition coefficient (Wildman–Crippen LogP) is 0.943. The summed E-state index contributed by atoms with van der Waals surface area (Å²) < 4.78 is 36.4. The molecule has 1 aromatic carbocycles. The second-order valence-corrected chi connectivity index (χ2v) is 6.77. The number of anilines is 1. The molecule has 100 valence electrons. The highest BCUT2D eigenvalue weighted by atomic mass is 32.2. The van der Waals surface area contributed by atoms with Crippen molar-refractivity contribution in [2.45, 2.75) is 13.0 Å². The summed E-state index contributed by atoms with van der Waals surface area (Å²) in [5, 5.41) is 9.04. The van der Waals surface area contributed by atoms with Crippen LogP contribution >= 0.6 is 0 Å². The summed E-state index contributed by atoms with van der Waals surface area (Å²) in [6.07, 6.45) is 0.549. The fourth-order valence-electron chi connectivity index (χ4n) is 2.10. The minimum atomic E-state index is -2.97. The molecule has 6 heteroatoms. The van der Waals surface area contributed by atoms with Gasteiger partial charge in [0.05, 0.1) is 18.1 Å². The van der Waals surface area contributed by atoms with Crippen LogP contribution in [0.3, 0.4) is 0 Å². The van der Waals surface area contributed by atoms with Crippen LogP contribution in [-0.2, 0) is 16.4 Å². The third-order valence-electron chi connectivity index (χ3n) is 3.05. The van der Waals surface area contributed by atoms with Gasteiger partial charge in [0.15, 0.2) is 9.84 Å². The maximum Gasteiger partial charge on any atom is 0.152 e. The Labute approximate surface area is 106 Å². The quantitative estimate of drug-likeness (QED) is 0.871. The Balaban J connectivity index is 2.23. The van der Waals surface area contributed by atoms with E-state index in [-0.39, 0.29) is 18.1 Å². The molecule has 0 aromatic heterocycles. The molecule has 1 fully saturated rings. The average Bonchev–Trinajstić information content (AvgIpc) is 2.49. The summed E-state index contributed by atoms with van der Waals surface area (Å²) in [4.78, 5) is 1.85. The molecule has 0 radical (unpaired) electrons. The van der Waals surface area contributed by atoms with E-state index in [1.54, 1.807) is 6.07 Å². The van der Waals surface area contributed by atoms with Gasteiger partial charge >= 0.3 is 0 Å². The number of aliphatic hydroxyl groups excluding tert-OH is 1. The van der Waals surface area contributed by atoms with Crippen molar-refractivity contribution in [1.82, 2.24) is 0 Å². The van der Waals surface area contributed by atoms with Crippen LogP contribution in [-0.4, -0.2) is 38.1 Å². The molecular weight excluding hydrogens is 257 g/mol. The van der Waals surface area contributed by atoms with Gasteiger partial charge in [-0.1, -0.05) is 0 Å². The van der Waals surface area contributed by atoms with Crippen molar-refractivity contribution in [3.8, 4) is 0 Å². The van der Waals surface area contributed by atoms with Crippen LogP contribution in [0, 0.1) is 5.82 Å². The Morgan fingerprint density at radius 2 is 2.00 bits per heavy atom. The van der Waals surface area contributed by atoms with Crippen molar-refractivity contribution >= 4 is 15.5 Å². The lowest BCUT2D eigenvalue weighted by molar-refractivity contribution is 0.281. The first-order valence-corrected chi connectivity index (χ1v) is 7.68. The SMILES string of the molecule is O=S1(=O)CCCN(c2cc(F)cc(CO)c2)CC1. The zero-order valence-corrected chi connectivity index (χ0v) is 10.8. The van der Waals surface area contributed by atoms with E-state index in [1.807, 2.05) is 4.90 Å². The maximum absolute atomic E-state index is 13.4. The van der Waals surface area contributed by atoms with Gasteiger partial charge in [-0.15, -0.1) is 0 Å². The van der Waals surface area contributed by atoms with E-state index >= 15 is 0 Å². The van der Waals surface area contributed by atoms with Crippen molar-refractivity contribution < 1.29 is 17.9 Å². The van der Waals surface area contributed by atoms with Crippen LogP contribution in [0.25, 0.3) is 0 Å². The summed E-state index contributed by atoms with van der Waals surface area (Å²) in [6.45, 7) is 0.737. The van der Waals surface area contributed by atoms with Crippen LogP contribution in [0.4, 0.5) is 10.1 Å². The zero-order chi connectivity index (χ0) is 13.2. The minimum Gasteiger partial charge on any atom is -0.392 e. The largest absolute Gasteiger partial charge is 0.392 e. The van der Waals surface area contributed by atoms with Crippen molar-refractivity contribution in [1.29, 1.82) is 0 Å². The highest BCUT2D eigenvalue weighted by molar-refractivity contribution is 7.91. The second-order valence-electron chi connectivity index (χ2n) is 4.47. The van der Waals surface area contributed by atoms with Crippen LogP contribution < -0.4 is 4.90 Å². The lowest BCUT2D eigenvalue weighted by Gasteiger charge is -2.22. The molecule has 0 unspecified atom stereocenters. The van der Waals surface area contributed by atoms with Crippen LogP contribution in [0.2, 0.25) is 0 Å². The molecule has 1 aliphatic rings. The van der Waals surface area contributed by atoms with Crippen molar-refractivity contribution in [3.05, 3.63) is 29.6 Å². The van der Waals surface area contributed by atoms with E-state index in [0.717, 1.165) is 0 Å². The number of benzene rings is 1. The molecular formula is C12H16FNO3S. The highest BCUT2D eigenvalue weighted by Gasteiger charge is 2.19. The summed E-state index contributed by atoms with van der Waals surface area (Å²) >= 11 is 0. The normalized spacial score (nSPS) is 19.6. The van der Waals surface area contributed by atoms with Gasteiger partial charge in [-0.25, -0.2) is 12.8 Å². The smallest absolute Gasteiger partial charge is 0.152 e. The molecule has 0 atom stereocenters. The van der Waals surface area contributed by atoms with Gasteiger partial charge in [-0.05, 0) is 30.2 Å². The molecule has 2 rings (SSSR count). The van der Waals surface area contributed by atoms with E-state index in [2.05, 4.69) is 0 Å². The first-order chi connectivity index (χ1) is 8.50. The Morgan fingerprint density at radius 1 is 1.22 bits per heavy atom. The van der Waals surface area contributed by atoms with Gasteiger partial charge in [-0.3, -0.25) is 0 Å². The van der Waals surface area contributed by atoms with E-state index in [0.29, 0.717) is 30.8 Å². The first-order valence-electron chi connectivity index (χ1n) is 5.86. The Bertz CT molecular complexity index is 530. The van der Waals surface area contributed by atoms with E-state index < -0.39 is 15.7 Å². The first kappa shape index (κ1) is 13.3. The van der Waals surface area contributed by atoms with Crippen molar-refractivity contribution in [3.63, 3.8) is 0 Å². The highest BCUT2D eigenvalue weighted by Crippen LogP contribution is 2.20. The molecule has 1 heterocycles. The second kappa shape index (κ2) is 5.24. The van der Waals surface area contributed by atoms with Crippen molar-refractivity contribution in [2.24, 2.45) is 0 Å². The van der Waals surface area contributed by atoms with Crippen LogP contribution in [0.1, 0.15) is 12.0 Å². The Hall–Kier alpha value is -1.14. The maximum atomic E-state index is 13.4. The van der Waals surface area contributed by atoms with Gasteiger partial charge in [0, 0.05) is 18.8 Å². The van der Waals surface area contributed by atoms with Gasteiger partial charge in [0.2, 0.25) is 0 Å². The van der Waals surface area contributed by atoms with E-state index in [9.17, 15) is 12.8 Å². The van der Waals surface area contributed by atoms with Gasteiger partial charge < -0.3 is 10.0 Å². The third-order valence-corrected chi connectivity index (χ3v) is 4.76. The zero-order valence-electron chi connectivity index (χ0n) is 9.97. The number of hydrogen-bond acceptors (Lipinski definition) is 4. The molecule has 0 spiro atoms. The number of sulfone groups is 1. The molecule has 18 heavy (non-hydrogen) atoms. The molecule has 1 aliphatic heterocycles. The topological polar surface area (TPSA) is 57.6 Å². The number of halogens is 1. The molecule has 4 nitrogen and oxygen atoms in total. The number of aliphatic hydroxyl groups is 1. The fraction of sp³-hybridized carbons (Fsp3) is 0.500. The molecule has 0 aliphatic carbocycles. The Morgan fingerprint density at radius 3 is 2.72 bits per heavy atom. The summed E-state index contributed by atoms with van der Waals surface area (Å²) in [5.41, 5.74) is 1.13. The summed E-state index contributed by atoms with van der Waals surface area (Å²) in [6, 6.07) is 4.34.